The molecular formula is C15H14OS2. The molecule has 18 heavy (non-hydrogen) atoms. The van der Waals surface area contributed by atoms with Gasteiger partial charge in [-0.25, -0.2) is 0 Å². The summed E-state index contributed by atoms with van der Waals surface area (Å²) >= 11 is 3.17. The number of carbonyl (C=O) groups is 1. The second-order valence-electron chi connectivity index (χ2n) is 4.47. The van der Waals surface area contributed by atoms with Gasteiger partial charge < -0.3 is 0 Å². The first-order valence-corrected chi connectivity index (χ1v) is 8.01. The predicted molar refractivity (Wildman–Crippen MR) is 77.8 cm³/mol. The molecule has 0 fully saturated rings. The van der Waals surface area contributed by atoms with Crippen molar-refractivity contribution in [2.24, 2.45) is 0 Å². The van der Waals surface area contributed by atoms with Gasteiger partial charge >= 0.3 is 0 Å². The summed E-state index contributed by atoms with van der Waals surface area (Å²) in [7, 11) is 0. The van der Waals surface area contributed by atoms with Crippen molar-refractivity contribution in [1.29, 1.82) is 0 Å². The molecule has 0 unspecified atom stereocenters. The average Bonchev–Trinajstić information content (AvgIpc) is 3.05. The third-order valence-corrected chi connectivity index (χ3v) is 5.14. The second-order valence-corrected chi connectivity index (χ2v) is 6.47. The fourth-order valence-corrected chi connectivity index (χ4v) is 3.89. The van der Waals surface area contributed by atoms with E-state index in [1.807, 2.05) is 17.5 Å². The van der Waals surface area contributed by atoms with Crippen LogP contribution in [0.4, 0.5) is 0 Å². The lowest BCUT2D eigenvalue weighted by Gasteiger charge is -2.04. The Kier molecular flexibility index (Phi) is 3.52. The fraction of sp³-hybridized carbons (Fsp3) is 0.267. The smallest absolute Gasteiger partial charge is 0.182 e. The number of thioether (sulfide) groups is 1. The zero-order valence-corrected chi connectivity index (χ0v) is 11.7. The largest absolute Gasteiger partial charge is 0.292 e. The molecule has 1 aliphatic rings. The van der Waals surface area contributed by atoms with E-state index in [1.165, 1.54) is 46.6 Å². The average molecular weight is 274 g/mol. The normalized spacial score (nSPS) is 13.6. The molecule has 1 heterocycles. The summed E-state index contributed by atoms with van der Waals surface area (Å²) in [5.74, 6) is 0.773. The molecular weight excluding hydrogens is 260 g/mol. The molecule has 0 spiro atoms. The van der Waals surface area contributed by atoms with E-state index in [9.17, 15) is 4.79 Å². The van der Waals surface area contributed by atoms with E-state index in [1.54, 1.807) is 11.8 Å². The Morgan fingerprint density at radius 2 is 2.11 bits per heavy atom. The van der Waals surface area contributed by atoms with E-state index in [0.29, 0.717) is 5.75 Å². The summed E-state index contributed by atoms with van der Waals surface area (Å²) < 4.78 is 0. The molecule has 0 saturated heterocycles. The van der Waals surface area contributed by atoms with Crippen molar-refractivity contribution in [3.05, 3.63) is 51.7 Å². The minimum atomic E-state index is 0.232. The number of carbonyl (C=O) groups excluding carboxylic acids is 1. The van der Waals surface area contributed by atoms with Gasteiger partial charge in [0.1, 0.15) is 0 Å². The van der Waals surface area contributed by atoms with Crippen LogP contribution in [0, 0.1) is 0 Å². The maximum absolute atomic E-state index is 11.9. The van der Waals surface area contributed by atoms with Gasteiger partial charge in [-0.05, 0) is 54.0 Å². The maximum Gasteiger partial charge on any atom is 0.182 e. The SMILES string of the molecule is O=C(CSc1ccc2c(c1)CCC2)c1cccs1. The van der Waals surface area contributed by atoms with E-state index in [4.69, 9.17) is 0 Å². The number of hydrogen-bond donors (Lipinski definition) is 0. The van der Waals surface area contributed by atoms with Gasteiger partial charge in [0.05, 0.1) is 10.6 Å². The van der Waals surface area contributed by atoms with Gasteiger partial charge in [-0.2, -0.15) is 0 Å². The maximum atomic E-state index is 11.9. The molecule has 1 aromatic heterocycles. The van der Waals surface area contributed by atoms with Crippen LogP contribution in [0.5, 0.6) is 0 Å². The van der Waals surface area contributed by atoms with E-state index in [2.05, 4.69) is 18.2 Å². The lowest BCUT2D eigenvalue weighted by Crippen LogP contribution is -1.99. The summed E-state index contributed by atoms with van der Waals surface area (Å²) in [5.41, 5.74) is 2.97. The van der Waals surface area contributed by atoms with Gasteiger partial charge in [0.2, 0.25) is 0 Å². The molecule has 0 N–H and O–H groups in total. The molecule has 0 radical (unpaired) electrons. The molecule has 1 aliphatic carbocycles. The van der Waals surface area contributed by atoms with Gasteiger partial charge in [0, 0.05) is 4.90 Å². The zero-order chi connectivity index (χ0) is 12.4. The Labute approximate surface area is 115 Å². The Bertz CT molecular complexity index is 558. The van der Waals surface area contributed by atoms with Gasteiger partial charge in [0.25, 0.3) is 0 Å². The third-order valence-electron chi connectivity index (χ3n) is 3.24. The molecule has 2 aromatic rings. The molecule has 0 bridgehead atoms. The van der Waals surface area contributed by atoms with E-state index in [0.717, 1.165) is 4.88 Å². The number of Topliss-reactive ketones (excluding diaryl/α,β-unsaturated/α-hetero) is 1. The van der Waals surface area contributed by atoms with E-state index < -0.39 is 0 Å². The summed E-state index contributed by atoms with van der Waals surface area (Å²) in [6.45, 7) is 0. The monoisotopic (exact) mass is 274 g/mol. The number of benzene rings is 1. The fourth-order valence-electron chi connectivity index (χ4n) is 2.30. The Morgan fingerprint density at radius 3 is 2.94 bits per heavy atom. The number of fused-ring (bicyclic) bond motifs is 1. The first-order valence-electron chi connectivity index (χ1n) is 6.14. The van der Waals surface area contributed by atoms with Crippen molar-refractivity contribution in [2.75, 3.05) is 5.75 Å². The summed E-state index contributed by atoms with van der Waals surface area (Å²) in [6, 6.07) is 10.5. The Balaban J connectivity index is 1.65. The van der Waals surface area contributed by atoms with Crippen LogP contribution < -0.4 is 0 Å². The zero-order valence-electron chi connectivity index (χ0n) is 10.0. The highest BCUT2D eigenvalue weighted by molar-refractivity contribution is 8.00. The highest BCUT2D eigenvalue weighted by Crippen LogP contribution is 2.28. The van der Waals surface area contributed by atoms with Crippen molar-refractivity contribution in [3.63, 3.8) is 0 Å². The standard InChI is InChI=1S/C15H14OS2/c16-14(15-5-2-8-17-15)10-18-13-7-6-11-3-1-4-12(11)9-13/h2,5-9H,1,3-4,10H2. The lowest BCUT2D eigenvalue weighted by molar-refractivity contribution is 0.102. The van der Waals surface area contributed by atoms with Crippen molar-refractivity contribution in [2.45, 2.75) is 24.2 Å². The van der Waals surface area contributed by atoms with Gasteiger partial charge in [-0.3, -0.25) is 4.79 Å². The van der Waals surface area contributed by atoms with Gasteiger partial charge in [-0.15, -0.1) is 23.1 Å². The lowest BCUT2D eigenvalue weighted by atomic mass is 10.1. The van der Waals surface area contributed by atoms with E-state index >= 15 is 0 Å². The van der Waals surface area contributed by atoms with Crippen LogP contribution in [-0.4, -0.2) is 11.5 Å². The summed E-state index contributed by atoms with van der Waals surface area (Å²) in [4.78, 5) is 14.0. The summed E-state index contributed by atoms with van der Waals surface area (Å²) in [6.07, 6.45) is 3.69. The van der Waals surface area contributed by atoms with Crippen LogP contribution in [0.15, 0.2) is 40.6 Å². The molecule has 92 valence electrons. The highest BCUT2D eigenvalue weighted by atomic mass is 32.2. The van der Waals surface area contributed by atoms with Crippen molar-refractivity contribution < 1.29 is 4.79 Å². The topological polar surface area (TPSA) is 17.1 Å². The number of hydrogen-bond acceptors (Lipinski definition) is 3. The van der Waals surface area contributed by atoms with Crippen molar-refractivity contribution in [1.82, 2.24) is 0 Å². The second kappa shape index (κ2) is 5.29. The number of thiophene rings is 1. The van der Waals surface area contributed by atoms with Crippen LogP contribution >= 0.6 is 23.1 Å². The van der Waals surface area contributed by atoms with Gasteiger partial charge in [-0.1, -0.05) is 12.1 Å². The Morgan fingerprint density at radius 1 is 1.22 bits per heavy atom. The van der Waals surface area contributed by atoms with Gasteiger partial charge in [0.15, 0.2) is 5.78 Å². The molecule has 0 atom stereocenters. The van der Waals surface area contributed by atoms with E-state index in [-0.39, 0.29) is 5.78 Å². The Hall–Kier alpha value is -1.06. The molecule has 0 amide bonds. The van der Waals surface area contributed by atoms with Crippen molar-refractivity contribution in [3.8, 4) is 0 Å². The van der Waals surface area contributed by atoms with Crippen LogP contribution in [0.3, 0.4) is 0 Å². The minimum absolute atomic E-state index is 0.232. The molecule has 1 aromatic carbocycles. The minimum Gasteiger partial charge on any atom is -0.292 e. The molecule has 1 nitrogen and oxygen atoms in total. The van der Waals surface area contributed by atoms with Crippen LogP contribution in [0.1, 0.15) is 27.2 Å². The van der Waals surface area contributed by atoms with Crippen molar-refractivity contribution >= 4 is 28.9 Å². The van der Waals surface area contributed by atoms with Crippen LogP contribution in [0.25, 0.3) is 0 Å². The molecule has 0 saturated carbocycles. The molecule has 0 aliphatic heterocycles. The summed E-state index contributed by atoms with van der Waals surface area (Å²) in [5, 5.41) is 1.95. The molecule has 3 rings (SSSR count). The third kappa shape index (κ3) is 2.52. The number of rotatable bonds is 4. The first-order chi connectivity index (χ1) is 8.83. The van der Waals surface area contributed by atoms with Crippen LogP contribution in [-0.2, 0) is 12.8 Å². The predicted octanol–water partition coefficient (Wildman–Crippen LogP) is 4.21. The van der Waals surface area contributed by atoms with Crippen LogP contribution in [0.2, 0.25) is 0 Å². The number of ketones is 1. The quantitative estimate of drug-likeness (QED) is 0.613. The first kappa shape index (κ1) is 12.0. The molecule has 3 heteroatoms. The number of aryl methyl sites for hydroxylation is 2. The highest BCUT2D eigenvalue weighted by Gasteiger charge is 2.12.